The summed E-state index contributed by atoms with van der Waals surface area (Å²) in [5.74, 6) is -1.04. The average molecular weight is 405 g/mol. The number of Topliss-reactive ketones (excluding diaryl/α,β-unsaturated/α-hetero) is 1. The average Bonchev–Trinajstić information content (AvgIpc) is 3.04. The minimum absolute atomic E-state index is 0.0509. The number of carbonyl (C=O) groups is 3. The molecule has 6 heteroatoms. The predicted molar refractivity (Wildman–Crippen MR) is 107 cm³/mol. The van der Waals surface area contributed by atoms with Crippen molar-refractivity contribution in [3.05, 3.63) is 23.0 Å². The van der Waals surface area contributed by atoms with Crippen LogP contribution in [-0.4, -0.2) is 36.5 Å². The second-order valence-corrected chi connectivity index (χ2v) is 9.15. The van der Waals surface area contributed by atoms with Gasteiger partial charge in [-0.05, 0) is 50.2 Å². The van der Waals surface area contributed by atoms with Crippen LogP contribution in [-0.2, 0) is 28.6 Å². The molecule has 2 heterocycles. The molecule has 3 aliphatic rings. The van der Waals surface area contributed by atoms with E-state index in [1.165, 1.54) is 7.11 Å². The number of allylic oxidation sites excluding steroid dienone is 1. The molecular formula is C23H32O6. The summed E-state index contributed by atoms with van der Waals surface area (Å²) in [7, 11) is 1.50. The highest BCUT2D eigenvalue weighted by Gasteiger charge is 2.49. The number of hydrogen-bond donors (Lipinski definition) is 0. The van der Waals surface area contributed by atoms with Gasteiger partial charge in [0.1, 0.15) is 17.5 Å². The molecule has 1 fully saturated rings. The zero-order chi connectivity index (χ0) is 21.5. The van der Waals surface area contributed by atoms with E-state index >= 15 is 0 Å². The van der Waals surface area contributed by atoms with E-state index in [0.29, 0.717) is 19.3 Å². The first kappa shape index (κ1) is 21.6. The summed E-state index contributed by atoms with van der Waals surface area (Å²) in [4.78, 5) is 37.7. The summed E-state index contributed by atoms with van der Waals surface area (Å²) < 4.78 is 16.9. The SMILES string of the molecule is COC1=C(C(C)C)[C@@H]2C/C=C(/C)[C@H]3OC(=O)C[C@@H]3C(=O)[C@H](C)CC[C@@]2(C)OC1=O. The summed E-state index contributed by atoms with van der Waals surface area (Å²) in [6.45, 7) is 9.87. The van der Waals surface area contributed by atoms with Crippen molar-refractivity contribution in [2.24, 2.45) is 23.7 Å². The Balaban J connectivity index is 2.08. The highest BCUT2D eigenvalue weighted by Crippen LogP contribution is 2.46. The molecule has 0 aromatic heterocycles. The van der Waals surface area contributed by atoms with Crippen LogP contribution in [0.4, 0.5) is 0 Å². The van der Waals surface area contributed by atoms with Crippen molar-refractivity contribution in [3.8, 4) is 0 Å². The lowest BCUT2D eigenvalue weighted by atomic mass is 9.71. The van der Waals surface area contributed by atoms with Crippen molar-refractivity contribution in [2.75, 3.05) is 7.11 Å². The lowest BCUT2D eigenvalue weighted by molar-refractivity contribution is -0.167. The first-order chi connectivity index (χ1) is 13.6. The van der Waals surface area contributed by atoms with Gasteiger partial charge >= 0.3 is 11.9 Å². The topological polar surface area (TPSA) is 78.9 Å². The molecule has 0 aromatic rings. The Morgan fingerprint density at radius 3 is 2.55 bits per heavy atom. The zero-order valence-electron chi connectivity index (χ0n) is 18.2. The summed E-state index contributed by atoms with van der Waals surface area (Å²) >= 11 is 0. The number of ketones is 1. The molecule has 2 aliphatic heterocycles. The Kier molecular flexibility index (Phi) is 5.93. The summed E-state index contributed by atoms with van der Waals surface area (Å²) in [5, 5.41) is 0. The van der Waals surface area contributed by atoms with Crippen LogP contribution in [0.5, 0.6) is 0 Å². The smallest absolute Gasteiger partial charge is 0.374 e. The molecule has 0 unspecified atom stereocenters. The highest BCUT2D eigenvalue weighted by molar-refractivity contribution is 5.90. The maximum atomic E-state index is 13.1. The van der Waals surface area contributed by atoms with Gasteiger partial charge in [-0.3, -0.25) is 9.59 Å². The van der Waals surface area contributed by atoms with E-state index in [1.807, 2.05) is 26.8 Å². The molecule has 160 valence electrons. The van der Waals surface area contributed by atoms with Gasteiger partial charge in [0.15, 0.2) is 0 Å². The van der Waals surface area contributed by atoms with Crippen LogP contribution < -0.4 is 0 Å². The van der Waals surface area contributed by atoms with Crippen LogP contribution in [0.15, 0.2) is 23.0 Å². The molecule has 1 saturated heterocycles. The van der Waals surface area contributed by atoms with Gasteiger partial charge in [-0.1, -0.05) is 26.8 Å². The van der Waals surface area contributed by atoms with Crippen molar-refractivity contribution >= 4 is 17.7 Å². The predicted octanol–water partition coefficient (Wildman–Crippen LogP) is 3.74. The van der Waals surface area contributed by atoms with Gasteiger partial charge in [0.05, 0.1) is 19.4 Å². The Labute approximate surface area is 172 Å². The van der Waals surface area contributed by atoms with Crippen molar-refractivity contribution < 1.29 is 28.6 Å². The quantitative estimate of drug-likeness (QED) is 0.515. The molecule has 0 aromatic carbocycles. The van der Waals surface area contributed by atoms with Gasteiger partial charge in [0.25, 0.3) is 0 Å². The van der Waals surface area contributed by atoms with E-state index < -0.39 is 23.6 Å². The number of hydrogen-bond acceptors (Lipinski definition) is 6. The number of fused-ring (bicyclic) bond motifs is 2. The first-order valence-electron chi connectivity index (χ1n) is 10.5. The van der Waals surface area contributed by atoms with Crippen molar-refractivity contribution in [1.29, 1.82) is 0 Å². The summed E-state index contributed by atoms with van der Waals surface area (Å²) in [5.41, 5.74) is 1.11. The normalized spacial score (nSPS) is 37.8. The van der Waals surface area contributed by atoms with Crippen LogP contribution in [0.3, 0.4) is 0 Å². The third-order valence-electron chi connectivity index (χ3n) is 6.77. The molecule has 0 spiro atoms. The molecular weight excluding hydrogens is 372 g/mol. The third kappa shape index (κ3) is 3.86. The van der Waals surface area contributed by atoms with Gasteiger partial charge in [-0.15, -0.1) is 0 Å². The van der Waals surface area contributed by atoms with Crippen molar-refractivity contribution in [2.45, 2.75) is 72.0 Å². The molecule has 29 heavy (non-hydrogen) atoms. The van der Waals surface area contributed by atoms with Crippen LogP contribution in [0.25, 0.3) is 0 Å². The number of methoxy groups -OCH3 is 1. The summed E-state index contributed by atoms with van der Waals surface area (Å²) in [6.07, 6.45) is 3.46. The molecule has 0 radical (unpaired) electrons. The fourth-order valence-electron chi connectivity index (χ4n) is 5.05. The molecule has 0 saturated carbocycles. The monoisotopic (exact) mass is 404 g/mol. The Bertz CT molecular complexity index is 776. The van der Waals surface area contributed by atoms with Gasteiger partial charge in [0.2, 0.25) is 5.76 Å². The largest absolute Gasteiger partial charge is 0.490 e. The number of ether oxygens (including phenoxy) is 3. The maximum absolute atomic E-state index is 13.1. The fraction of sp³-hybridized carbons (Fsp3) is 0.696. The van der Waals surface area contributed by atoms with Gasteiger partial charge in [-0.2, -0.15) is 0 Å². The molecule has 0 bridgehead atoms. The van der Waals surface area contributed by atoms with E-state index in [1.54, 1.807) is 0 Å². The van der Waals surface area contributed by atoms with E-state index in [9.17, 15) is 14.4 Å². The molecule has 3 rings (SSSR count). The Morgan fingerprint density at radius 2 is 1.93 bits per heavy atom. The van der Waals surface area contributed by atoms with Gasteiger partial charge in [0, 0.05) is 11.8 Å². The van der Waals surface area contributed by atoms with E-state index in [0.717, 1.165) is 11.1 Å². The Morgan fingerprint density at radius 1 is 1.24 bits per heavy atom. The minimum Gasteiger partial charge on any atom is -0.490 e. The van der Waals surface area contributed by atoms with Crippen molar-refractivity contribution in [1.82, 2.24) is 0 Å². The minimum atomic E-state index is -0.722. The van der Waals surface area contributed by atoms with Crippen LogP contribution in [0, 0.1) is 23.7 Å². The van der Waals surface area contributed by atoms with E-state index in [4.69, 9.17) is 14.2 Å². The first-order valence-corrected chi connectivity index (χ1v) is 10.5. The lowest BCUT2D eigenvalue weighted by Gasteiger charge is -2.43. The number of rotatable bonds is 2. The molecule has 1 aliphatic carbocycles. The fourth-order valence-corrected chi connectivity index (χ4v) is 5.05. The zero-order valence-corrected chi connectivity index (χ0v) is 18.2. The maximum Gasteiger partial charge on any atom is 0.374 e. The van der Waals surface area contributed by atoms with Gasteiger partial charge < -0.3 is 14.2 Å². The van der Waals surface area contributed by atoms with Gasteiger partial charge in [-0.25, -0.2) is 4.79 Å². The lowest BCUT2D eigenvalue weighted by Crippen LogP contribution is -2.47. The number of esters is 2. The molecule has 0 amide bonds. The standard InChI is InChI=1S/C23H32O6/c1-12(2)18-16-8-7-14(4)20-15(11-17(24)28-20)19(25)13(3)9-10-23(16,5)29-22(26)21(18)27-6/h7,12-13,15-16,20H,8-11H2,1-6H3/b14-7-/t13-,15-,16+,20-,23-/m1/s1. The van der Waals surface area contributed by atoms with Crippen molar-refractivity contribution in [3.63, 3.8) is 0 Å². The molecule has 5 atom stereocenters. The van der Waals surface area contributed by atoms with E-state index in [2.05, 4.69) is 13.8 Å². The molecule has 0 N–H and O–H groups in total. The third-order valence-corrected chi connectivity index (χ3v) is 6.77. The number of carbonyl (C=O) groups excluding carboxylic acids is 3. The second kappa shape index (κ2) is 7.96. The Hall–Kier alpha value is -2.11. The van der Waals surface area contributed by atoms with E-state index in [-0.39, 0.29) is 41.7 Å². The molecule has 6 nitrogen and oxygen atoms in total. The highest BCUT2D eigenvalue weighted by atomic mass is 16.6. The van der Waals surface area contributed by atoms with Crippen LogP contribution in [0.2, 0.25) is 0 Å². The summed E-state index contributed by atoms with van der Waals surface area (Å²) in [6, 6.07) is 0. The second-order valence-electron chi connectivity index (χ2n) is 9.15. The van der Waals surface area contributed by atoms with Crippen LogP contribution >= 0.6 is 0 Å². The van der Waals surface area contributed by atoms with Crippen LogP contribution in [0.1, 0.15) is 60.3 Å².